The summed E-state index contributed by atoms with van der Waals surface area (Å²) in [5.41, 5.74) is 7.03. The van der Waals surface area contributed by atoms with Crippen LogP contribution >= 0.6 is 15.9 Å². The molecule has 0 spiro atoms. The first-order valence-corrected chi connectivity index (χ1v) is 8.10. The van der Waals surface area contributed by atoms with Crippen molar-refractivity contribution in [1.29, 1.82) is 0 Å². The molecule has 1 aromatic heterocycles. The lowest BCUT2D eigenvalue weighted by Crippen LogP contribution is -2.10. The van der Waals surface area contributed by atoms with E-state index in [1.165, 1.54) is 6.07 Å². The number of nitrogen functional groups attached to an aromatic ring is 1. The van der Waals surface area contributed by atoms with Gasteiger partial charge in [0.25, 0.3) is 0 Å². The van der Waals surface area contributed by atoms with Crippen molar-refractivity contribution in [2.45, 2.75) is 11.3 Å². The number of aryl methyl sites for hydroxylation is 1. The molecule has 2 aromatic rings. The molecule has 0 fully saturated rings. The van der Waals surface area contributed by atoms with Gasteiger partial charge in [-0.1, -0.05) is 6.07 Å². The summed E-state index contributed by atoms with van der Waals surface area (Å²) in [6, 6.07) is 8.36. The summed E-state index contributed by atoms with van der Waals surface area (Å²) in [4.78, 5) is 4.24. The monoisotopic (exact) mass is 340 g/mol. The molecule has 1 aromatic carbocycles. The fraction of sp³-hybridized carbons (Fsp3) is 0.154. The summed E-state index contributed by atoms with van der Waals surface area (Å²) in [7, 11) is -3.34. The molecule has 0 amide bonds. The van der Waals surface area contributed by atoms with Gasteiger partial charge in [-0.2, -0.15) is 0 Å². The quantitative estimate of drug-likeness (QED) is 0.867. The van der Waals surface area contributed by atoms with E-state index in [0.29, 0.717) is 16.6 Å². The van der Waals surface area contributed by atoms with Crippen LogP contribution in [0.15, 0.2) is 52.1 Å². The number of nitrogens with zero attached hydrogens (tertiary/aromatic N) is 1. The molecule has 0 saturated carbocycles. The van der Waals surface area contributed by atoms with Gasteiger partial charge in [0.15, 0.2) is 9.84 Å². The Labute approximate surface area is 120 Å². The third-order valence-electron chi connectivity index (χ3n) is 2.67. The molecule has 0 unspecified atom stereocenters. The summed E-state index contributed by atoms with van der Waals surface area (Å²) in [6.45, 7) is 0. The highest BCUT2D eigenvalue weighted by atomic mass is 79.9. The SMILES string of the molecule is Nc1ccc(S(=O)(=O)CCc2cccnc2)c(Br)c1. The number of rotatable bonds is 4. The number of hydrogen-bond donors (Lipinski definition) is 1. The average molecular weight is 341 g/mol. The molecule has 4 nitrogen and oxygen atoms in total. The van der Waals surface area contributed by atoms with Crippen molar-refractivity contribution in [3.63, 3.8) is 0 Å². The highest BCUT2D eigenvalue weighted by Gasteiger charge is 2.17. The lowest BCUT2D eigenvalue weighted by molar-refractivity contribution is 0.595. The Morgan fingerprint density at radius 2 is 2.05 bits per heavy atom. The Kier molecular flexibility index (Phi) is 4.21. The van der Waals surface area contributed by atoms with Crippen molar-refractivity contribution in [3.8, 4) is 0 Å². The van der Waals surface area contributed by atoms with Gasteiger partial charge in [-0.05, 0) is 52.2 Å². The normalized spacial score (nSPS) is 11.4. The predicted molar refractivity (Wildman–Crippen MR) is 78.5 cm³/mol. The molecule has 6 heteroatoms. The van der Waals surface area contributed by atoms with Gasteiger partial charge in [-0.3, -0.25) is 4.98 Å². The maximum absolute atomic E-state index is 12.2. The molecule has 19 heavy (non-hydrogen) atoms. The van der Waals surface area contributed by atoms with Gasteiger partial charge in [0, 0.05) is 22.6 Å². The van der Waals surface area contributed by atoms with Gasteiger partial charge < -0.3 is 5.73 Å². The van der Waals surface area contributed by atoms with Crippen molar-refractivity contribution >= 4 is 31.5 Å². The lowest BCUT2D eigenvalue weighted by atomic mass is 10.2. The molecular formula is C13H13BrN2O2S. The highest BCUT2D eigenvalue weighted by molar-refractivity contribution is 9.10. The van der Waals surface area contributed by atoms with Crippen LogP contribution in [0, 0.1) is 0 Å². The van der Waals surface area contributed by atoms with Crippen molar-refractivity contribution in [2.24, 2.45) is 0 Å². The maximum Gasteiger partial charge on any atom is 0.179 e. The van der Waals surface area contributed by atoms with Gasteiger partial charge in [-0.25, -0.2) is 8.42 Å². The van der Waals surface area contributed by atoms with Crippen molar-refractivity contribution in [2.75, 3.05) is 11.5 Å². The van der Waals surface area contributed by atoms with Gasteiger partial charge in [0.05, 0.1) is 10.6 Å². The topological polar surface area (TPSA) is 73.1 Å². The number of nitrogens with two attached hydrogens (primary N) is 1. The second kappa shape index (κ2) is 5.71. The van der Waals surface area contributed by atoms with E-state index in [2.05, 4.69) is 20.9 Å². The third kappa shape index (κ3) is 3.54. The highest BCUT2D eigenvalue weighted by Crippen LogP contribution is 2.25. The second-order valence-corrected chi connectivity index (χ2v) is 7.05. The minimum atomic E-state index is -3.34. The van der Waals surface area contributed by atoms with Crippen molar-refractivity contribution in [3.05, 3.63) is 52.8 Å². The lowest BCUT2D eigenvalue weighted by Gasteiger charge is -2.07. The van der Waals surface area contributed by atoms with Crippen LogP contribution in [-0.2, 0) is 16.3 Å². The van der Waals surface area contributed by atoms with Crippen LogP contribution < -0.4 is 5.73 Å². The van der Waals surface area contributed by atoms with E-state index in [4.69, 9.17) is 5.73 Å². The molecule has 100 valence electrons. The molecule has 0 aliphatic heterocycles. The number of hydrogen-bond acceptors (Lipinski definition) is 4. The Bertz CT molecular complexity index is 672. The number of pyridine rings is 1. The summed E-state index contributed by atoms with van der Waals surface area (Å²) in [6.07, 6.45) is 3.77. The largest absolute Gasteiger partial charge is 0.399 e. The van der Waals surface area contributed by atoms with E-state index >= 15 is 0 Å². The standard InChI is InChI=1S/C13H13BrN2O2S/c14-12-8-11(15)3-4-13(12)19(17,18)7-5-10-2-1-6-16-9-10/h1-4,6,8-9H,5,7,15H2. The zero-order valence-electron chi connectivity index (χ0n) is 10.1. The summed E-state index contributed by atoms with van der Waals surface area (Å²) < 4.78 is 25.0. The second-order valence-electron chi connectivity index (χ2n) is 4.12. The third-order valence-corrected chi connectivity index (χ3v) is 5.36. The van der Waals surface area contributed by atoms with Crippen LogP contribution in [0.3, 0.4) is 0 Å². The van der Waals surface area contributed by atoms with Crippen molar-refractivity contribution < 1.29 is 8.42 Å². The summed E-state index contributed by atoms with van der Waals surface area (Å²) in [5, 5.41) is 0. The van der Waals surface area contributed by atoms with Crippen LogP contribution in [0.2, 0.25) is 0 Å². The Morgan fingerprint density at radius 3 is 2.68 bits per heavy atom. The van der Waals surface area contributed by atoms with E-state index in [9.17, 15) is 8.42 Å². The van der Waals surface area contributed by atoms with Gasteiger partial charge >= 0.3 is 0 Å². The first-order chi connectivity index (χ1) is 8.99. The fourth-order valence-corrected chi connectivity index (χ4v) is 4.17. The summed E-state index contributed by atoms with van der Waals surface area (Å²) in [5.74, 6) is 0.0429. The fourth-order valence-electron chi connectivity index (χ4n) is 1.68. The number of sulfone groups is 1. The van der Waals surface area contributed by atoms with Gasteiger partial charge in [0.2, 0.25) is 0 Å². The van der Waals surface area contributed by atoms with E-state index in [0.717, 1.165) is 5.56 Å². The Balaban J connectivity index is 2.19. The predicted octanol–water partition coefficient (Wildman–Crippen LogP) is 2.44. The summed E-state index contributed by atoms with van der Waals surface area (Å²) >= 11 is 3.24. The number of aromatic nitrogens is 1. The molecular weight excluding hydrogens is 328 g/mol. The van der Waals surface area contributed by atoms with Crippen LogP contribution in [0.4, 0.5) is 5.69 Å². The molecule has 1 heterocycles. The zero-order valence-corrected chi connectivity index (χ0v) is 12.5. The van der Waals surface area contributed by atoms with Gasteiger partial charge in [-0.15, -0.1) is 0 Å². The smallest absolute Gasteiger partial charge is 0.179 e. The Morgan fingerprint density at radius 1 is 1.26 bits per heavy atom. The van der Waals surface area contributed by atoms with Crippen LogP contribution in [0.25, 0.3) is 0 Å². The molecule has 0 radical (unpaired) electrons. The molecule has 0 saturated heterocycles. The molecule has 0 bridgehead atoms. The molecule has 2 rings (SSSR count). The van der Waals surface area contributed by atoms with Crippen LogP contribution in [0.5, 0.6) is 0 Å². The van der Waals surface area contributed by atoms with E-state index in [-0.39, 0.29) is 10.6 Å². The minimum absolute atomic E-state index is 0.0429. The van der Waals surface area contributed by atoms with E-state index in [1.807, 2.05) is 6.07 Å². The van der Waals surface area contributed by atoms with Gasteiger partial charge in [0.1, 0.15) is 0 Å². The first kappa shape index (κ1) is 14.0. The molecule has 0 aliphatic rings. The number of anilines is 1. The molecule has 0 aliphatic carbocycles. The van der Waals surface area contributed by atoms with Crippen LogP contribution in [0.1, 0.15) is 5.56 Å². The Hall–Kier alpha value is -1.40. The molecule has 0 atom stereocenters. The van der Waals surface area contributed by atoms with Crippen LogP contribution in [-0.4, -0.2) is 19.2 Å². The van der Waals surface area contributed by atoms with E-state index < -0.39 is 9.84 Å². The number of benzene rings is 1. The van der Waals surface area contributed by atoms with E-state index in [1.54, 1.807) is 30.6 Å². The first-order valence-electron chi connectivity index (χ1n) is 5.66. The molecule has 2 N–H and O–H groups in total. The maximum atomic E-state index is 12.2. The average Bonchev–Trinajstić information content (AvgIpc) is 2.37. The minimum Gasteiger partial charge on any atom is -0.399 e. The van der Waals surface area contributed by atoms with Crippen molar-refractivity contribution in [1.82, 2.24) is 4.98 Å². The zero-order chi connectivity index (χ0) is 13.9. The number of halogens is 1.